The number of nitrogens with one attached hydrogen (secondary N) is 1. The summed E-state index contributed by atoms with van der Waals surface area (Å²) in [5.41, 5.74) is -0.441. The first kappa shape index (κ1) is 16.1. The Bertz CT molecular complexity index is 783. The van der Waals surface area contributed by atoms with E-state index >= 15 is 0 Å². The Labute approximate surface area is 146 Å². The third-order valence-corrected chi connectivity index (χ3v) is 5.70. The number of benzene rings is 1. The van der Waals surface area contributed by atoms with Crippen molar-refractivity contribution in [1.29, 1.82) is 0 Å². The molecule has 0 bridgehead atoms. The Morgan fingerprint density at radius 2 is 1.88 bits per heavy atom. The highest BCUT2D eigenvalue weighted by molar-refractivity contribution is 5.93. The number of rotatable bonds is 3. The van der Waals surface area contributed by atoms with Crippen molar-refractivity contribution in [1.82, 2.24) is 20.1 Å². The van der Waals surface area contributed by atoms with Gasteiger partial charge in [0.1, 0.15) is 12.1 Å². The number of halogens is 1. The van der Waals surface area contributed by atoms with E-state index in [2.05, 4.69) is 20.1 Å². The number of piperazine rings is 1. The highest BCUT2D eigenvalue weighted by Crippen LogP contribution is 2.65. The minimum Gasteiger partial charge on any atom is -0.338 e. The predicted octanol–water partition coefficient (Wildman–Crippen LogP) is 1.96. The highest BCUT2D eigenvalue weighted by atomic mass is 19.1. The molecule has 1 atom stereocenters. The molecule has 1 unspecified atom stereocenters. The molecule has 1 aromatic carbocycles. The van der Waals surface area contributed by atoms with E-state index in [0.717, 1.165) is 5.95 Å². The summed E-state index contributed by atoms with van der Waals surface area (Å²) in [4.78, 5) is 21.5. The molecular formula is C18H22FN5O. The zero-order chi connectivity index (χ0) is 17.7. The van der Waals surface area contributed by atoms with Gasteiger partial charge in [-0.25, -0.2) is 9.49 Å². The van der Waals surface area contributed by atoms with Gasteiger partial charge < -0.3 is 9.80 Å². The van der Waals surface area contributed by atoms with Crippen LogP contribution in [0.4, 0.5) is 10.3 Å². The van der Waals surface area contributed by atoms with Crippen molar-refractivity contribution in [2.75, 3.05) is 31.1 Å². The molecule has 2 aromatic rings. The van der Waals surface area contributed by atoms with Crippen LogP contribution in [0.15, 0.2) is 30.6 Å². The van der Waals surface area contributed by atoms with Gasteiger partial charge in [-0.1, -0.05) is 32.0 Å². The maximum atomic E-state index is 14.4. The first-order valence-electron chi connectivity index (χ1n) is 8.60. The number of hydrogen-bond donors (Lipinski definition) is 1. The number of carbonyl (C=O) groups excluding carboxylic acids is 1. The zero-order valence-corrected chi connectivity index (χ0v) is 14.5. The average Bonchev–Trinajstić information content (AvgIpc) is 2.98. The molecular weight excluding hydrogens is 321 g/mol. The second-order valence-electron chi connectivity index (χ2n) is 7.53. The monoisotopic (exact) mass is 343 g/mol. The third-order valence-electron chi connectivity index (χ3n) is 5.70. The summed E-state index contributed by atoms with van der Waals surface area (Å²) >= 11 is 0. The van der Waals surface area contributed by atoms with E-state index in [1.807, 2.05) is 24.8 Å². The molecule has 4 rings (SSSR count). The molecule has 2 heterocycles. The van der Waals surface area contributed by atoms with Crippen LogP contribution in [0.25, 0.3) is 0 Å². The minimum absolute atomic E-state index is 0.0415. The van der Waals surface area contributed by atoms with Crippen molar-refractivity contribution >= 4 is 11.9 Å². The summed E-state index contributed by atoms with van der Waals surface area (Å²) < 4.78 is 14.4. The van der Waals surface area contributed by atoms with Gasteiger partial charge in [0.05, 0.1) is 5.41 Å². The van der Waals surface area contributed by atoms with Crippen LogP contribution >= 0.6 is 0 Å². The molecule has 2 fully saturated rings. The minimum atomic E-state index is -0.743. The van der Waals surface area contributed by atoms with Crippen molar-refractivity contribution in [3.05, 3.63) is 42.0 Å². The van der Waals surface area contributed by atoms with E-state index in [9.17, 15) is 9.18 Å². The maximum absolute atomic E-state index is 14.4. The lowest BCUT2D eigenvalue weighted by Crippen LogP contribution is -2.52. The largest absolute Gasteiger partial charge is 0.338 e. The number of carbonyl (C=O) groups is 1. The fourth-order valence-electron chi connectivity index (χ4n) is 4.11. The SMILES string of the molecule is CC1(C)CC1(C(=O)N1CCN(c2ncn[nH]2)CC1)c1ccccc1F. The molecule has 25 heavy (non-hydrogen) atoms. The van der Waals surface area contributed by atoms with Gasteiger partial charge in [-0.2, -0.15) is 10.1 Å². The van der Waals surface area contributed by atoms with Gasteiger partial charge in [0.2, 0.25) is 11.9 Å². The first-order valence-corrected chi connectivity index (χ1v) is 8.60. The Morgan fingerprint density at radius 3 is 2.44 bits per heavy atom. The molecule has 1 aliphatic carbocycles. The van der Waals surface area contributed by atoms with Crippen LogP contribution in [-0.4, -0.2) is 52.2 Å². The molecule has 1 aliphatic heterocycles. The summed E-state index contributed by atoms with van der Waals surface area (Å²) in [5, 5.41) is 6.72. The lowest BCUT2D eigenvalue weighted by molar-refractivity contribution is -0.135. The summed E-state index contributed by atoms with van der Waals surface area (Å²) in [7, 11) is 0. The molecule has 1 saturated heterocycles. The van der Waals surface area contributed by atoms with Crippen LogP contribution in [0.1, 0.15) is 25.8 Å². The standard InChI is InChI=1S/C18H22FN5O/c1-17(2)11-18(17,13-5-3-4-6-14(13)19)15(25)23-7-9-24(10-8-23)16-20-12-21-22-16/h3-6,12H,7-11H2,1-2H3,(H,20,21,22). The Balaban J connectivity index is 1.55. The fraction of sp³-hybridized carbons (Fsp3) is 0.500. The second-order valence-corrected chi connectivity index (χ2v) is 7.53. The van der Waals surface area contributed by atoms with Crippen molar-refractivity contribution in [2.24, 2.45) is 5.41 Å². The van der Waals surface area contributed by atoms with Gasteiger partial charge in [-0.3, -0.25) is 4.79 Å². The second kappa shape index (κ2) is 5.54. The zero-order valence-electron chi connectivity index (χ0n) is 14.5. The maximum Gasteiger partial charge on any atom is 0.234 e. The number of H-pyrrole nitrogens is 1. The van der Waals surface area contributed by atoms with E-state index in [-0.39, 0.29) is 17.1 Å². The quantitative estimate of drug-likeness (QED) is 0.925. The van der Waals surface area contributed by atoms with Gasteiger partial charge in [0.25, 0.3) is 0 Å². The molecule has 2 aliphatic rings. The first-order chi connectivity index (χ1) is 12.0. The lowest BCUT2D eigenvalue weighted by Gasteiger charge is -2.37. The number of amides is 1. The van der Waals surface area contributed by atoms with Crippen molar-refractivity contribution in [3.8, 4) is 0 Å². The number of aromatic amines is 1. The summed E-state index contributed by atoms with van der Waals surface area (Å²) in [6, 6.07) is 6.68. The van der Waals surface area contributed by atoms with Crippen LogP contribution in [0.5, 0.6) is 0 Å². The number of anilines is 1. The van der Waals surface area contributed by atoms with E-state index < -0.39 is 5.41 Å². The normalized spacial score (nSPS) is 25.1. The summed E-state index contributed by atoms with van der Waals surface area (Å²) in [6.07, 6.45) is 2.16. The average molecular weight is 343 g/mol. The predicted molar refractivity (Wildman–Crippen MR) is 91.7 cm³/mol. The van der Waals surface area contributed by atoms with E-state index in [1.165, 1.54) is 12.4 Å². The Kier molecular flexibility index (Phi) is 3.56. The van der Waals surface area contributed by atoms with Crippen LogP contribution in [0, 0.1) is 11.2 Å². The van der Waals surface area contributed by atoms with Crippen LogP contribution in [0.3, 0.4) is 0 Å². The Morgan fingerprint density at radius 1 is 1.20 bits per heavy atom. The molecule has 1 amide bonds. The molecule has 1 saturated carbocycles. The Hall–Kier alpha value is -2.44. The molecule has 1 aromatic heterocycles. The third kappa shape index (κ3) is 2.41. The number of aromatic nitrogens is 3. The molecule has 0 radical (unpaired) electrons. The lowest BCUT2D eigenvalue weighted by atomic mass is 9.86. The molecule has 1 N–H and O–H groups in total. The van der Waals surface area contributed by atoms with Crippen LogP contribution < -0.4 is 4.90 Å². The van der Waals surface area contributed by atoms with Gasteiger partial charge in [-0.05, 0) is 17.9 Å². The molecule has 7 heteroatoms. The van der Waals surface area contributed by atoms with E-state index in [1.54, 1.807) is 12.1 Å². The molecule has 6 nitrogen and oxygen atoms in total. The topological polar surface area (TPSA) is 65.1 Å². The smallest absolute Gasteiger partial charge is 0.234 e. The van der Waals surface area contributed by atoms with Crippen molar-refractivity contribution in [3.63, 3.8) is 0 Å². The van der Waals surface area contributed by atoms with Crippen LogP contribution in [-0.2, 0) is 10.2 Å². The fourth-order valence-corrected chi connectivity index (χ4v) is 4.11. The van der Waals surface area contributed by atoms with Crippen molar-refractivity contribution < 1.29 is 9.18 Å². The number of nitrogens with zero attached hydrogens (tertiary/aromatic N) is 4. The molecule has 0 spiro atoms. The van der Waals surface area contributed by atoms with Gasteiger partial charge in [0, 0.05) is 31.7 Å². The highest BCUT2D eigenvalue weighted by Gasteiger charge is 2.68. The number of hydrogen-bond acceptors (Lipinski definition) is 4. The summed E-state index contributed by atoms with van der Waals surface area (Å²) in [6.45, 7) is 6.67. The van der Waals surface area contributed by atoms with Gasteiger partial charge in [0.15, 0.2) is 0 Å². The van der Waals surface area contributed by atoms with Gasteiger partial charge in [-0.15, -0.1) is 0 Å². The summed E-state index contributed by atoms with van der Waals surface area (Å²) in [5.74, 6) is 0.476. The van der Waals surface area contributed by atoms with Crippen molar-refractivity contribution in [2.45, 2.75) is 25.7 Å². The van der Waals surface area contributed by atoms with E-state index in [0.29, 0.717) is 38.2 Å². The van der Waals surface area contributed by atoms with Crippen LogP contribution in [0.2, 0.25) is 0 Å². The van der Waals surface area contributed by atoms with Gasteiger partial charge >= 0.3 is 0 Å². The van der Waals surface area contributed by atoms with E-state index in [4.69, 9.17) is 0 Å². The molecule has 132 valence electrons.